The van der Waals surface area contributed by atoms with Crippen LogP contribution >= 0.6 is 0 Å². The molecule has 5 nitrogen and oxygen atoms in total. The highest BCUT2D eigenvalue weighted by molar-refractivity contribution is 5.86. The van der Waals surface area contributed by atoms with Crippen molar-refractivity contribution < 1.29 is 0 Å². The molecule has 1 atom stereocenters. The maximum atomic E-state index is 6.75. The molecule has 110 valence electrons. The fourth-order valence-corrected chi connectivity index (χ4v) is 3.07. The second-order valence-corrected chi connectivity index (χ2v) is 5.70. The van der Waals surface area contributed by atoms with E-state index in [0.29, 0.717) is 5.82 Å². The number of nitrogens with two attached hydrogens (primary N) is 2. The molecule has 0 spiro atoms. The number of aromatic nitrogens is 2. The number of fused-ring (bicyclic) bond motifs is 3. The number of hydrogen-bond acceptors (Lipinski definition) is 4. The molecule has 2 heterocycles. The summed E-state index contributed by atoms with van der Waals surface area (Å²) in [6, 6.07) is 16.1. The molecule has 0 aliphatic carbocycles. The van der Waals surface area contributed by atoms with Gasteiger partial charge in [0.25, 0.3) is 0 Å². The molecule has 5 heteroatoms. The second-order valence-electron chi connectivity index (χ2n) is 5.70. The highest BCUT2D eigenvalue weighted by Gasteiger charge is 2.40. The molecule has 0 radical (unpaired) electrons. The van der Waals surface area contributed by atoms with Crippen LogP contribution in [-0.2, 0) is 5.66 Å². The lowest BCUT2D eigenvalue weighted by Gasteiger charge is -2.37. The van der Waals surface area contributed by atoms with Gasteiger partial charge in [0.2, 0.25) is 0 Å². The van der Waals surface area contributed by atoms with E-state index in [9.17, 15) is 0 Å². The second kappa shape index (κ2) is 4.35. The van der Waals surface area contributed by atoms with Crippen LogP contribution in [0.3, 0.4) is 0 Å². The molecule has 1 aliphatic rings. The summed E-state index contributed by atoms with van der Waals surface area (Å²) >= 11 is 0. The highest BCUT2D eigenvalue weighted by Crippen LogP contribution is 2.45. The monoisotopic (exact) mass is 291 g/mol. The number of aromatic amines is 1. The quantitative estimate of drug-likeness (QED) is 0.554. The number of nitrogens with zero attached hydrogens (tertiary/aromatic N) is 1. The minimum absolute atomic E-state index is 0.417. The van der Waals surface area contributed by atoms with Crippen LogP contribution in [0.4, 0.5) is 11.5 Å². The standard InChI is InChI=1S/C17H17N5/c1-10-6-8-11(9-7-10)17(19)14-15(21-22-16(14)18)12-4-2-3-5-13(12)20-17/h2-9,20H,19H2,1H3,(H3,18,21,22). The van der Waals surface area contributed by atoms with Crippen LogP contribution in [0.5, 0.6) is 0 Å². The first kappa shape index (κ1) is 12.9. The molecular weight excluding hydrogens is 274 g/mol. The van der Waals surface area contributed by atoms with E-state index < -0.39 is 5.66 Å². The van der Waals surface area contributed by atoms with Crippen molar-refractivity contribution in [1.29, 1.82) is 0 Å². The Hall–Kier alpha value is -2.79. The van der Waals surface area contributed by atoms with Gasteiger partial charge in [0.15, 0.2) is 5.82 Å². The van der Waals surface area contributed by atoms with E-state index in [1.807, 2.05) is 55.5 Å². The van der Waals surface area contributed by atoms with E-state index >= 15 is 0 Å². The number of para-hydroxylation sites is 1. The van der Waals surface area contributed by atoms with Gasteiger partial charge in [0, 0.05) is 11.3 Å². The van der Waals surface area contributed by atoms with Crippen molar-refractivity contribution in [2.45, 2.75) is 12.6 Å². The Labute approximate surface area is 128 Å². The number of hydrogen-bond donors (Lipinski definition) is 4. The van der Waals surface area contributed by atoms with Gasteiger partial charge in [-0.2, -0.15) is 5.10 Å². The van der Waals surface area contributed by atoms with Crippen molar-refractivity contribution in [2.75, 3.05) is 11.1 Å². The topological polar surface area (TPSA) is 92.7 Å². The van der Waals surface area contributed by atoms with Crippen LogP contribution < -0.4 is 16.8 Å². The molecule has 6 N–H and O–H groups in total. The van der Waals surface area contributed by atoms with E-state index in [1.165, 1.54) is 5.56 Å². The number of anilines is 2. The van der Waals surface area contributed by atoms with Gasteiger partial charge in [-0.1, -0.05) is 48.0 Å². The maximum absolute atomic E-state index is 6.75. The normalized spacial score (nSPS) is 19.2. The summed E-state index contributed by atoms with van der Waals surface area (Å²) in [7, 11) is 0. The lowest BCUT2D eigenvalue weighted by molar-refractivity contribution is 0.621. The summed E-state index contributed by atoms with van der Waals surface area (Å²) in [5.74, 6) is 0.417. The van der Waals surface area contributed by atoms with Crippen molar-refractivity contribution in [1.82, 2.24) is 10.2 Å². The molecule has 22 heavy (non-hydrogen) atoms. The van der Waals surface area contributed by atoms with Crippen LogP contribution in [0.1, 0.15) is 16.7 Å². The predicted octanol–water partition coefficient (Wildman–Crippen LogP) is 2.55. The van der Waals surface area contributed by atoms with Crippen LogP contribution in [0.25, 0.3) is 11.3 Å². The average Bonchev–Trinajstić information content (AvgIpc) is 2.91. The Balaban J connectivity index is 1.99. The Morgan fingerprint density at radius 2 is 1.77 bits per heavy atom. The number of H-pyrrole nitrogens is 1. The van der Waals surface area contributed by atoms with E-state index in [2.05, 4.69) is 15.5 Å². The van der Waals surface area contributed by atoms with Gasteiger partial charge in [-0.3, -0.25) is 5.10 Å². The Kier molecular flexibility index (Phi) is 2.55. The average molecular weight is 291 g/mol. The van der Waals surface area contributed by atoms with Gasteiger partial charge in [0.1, 0.15) is 5.66 Å². The van der Waals surface area contributed by atoms with E-state index in [0.717, 1.165) is 28.1 Å². The fraction of sp³-hybridized carbons (Fsp3) is 0.118. The molecule has 0 fully saturated rings. The van der Waals surface area contributed by atoms with Gasteiger partial charge in [-0.25, -0.2) is 0 Å². The Morgan fingerprint density at radius 3 is 2.55 bits per heavy atom. The first-order valence-electron chi connectivity index (χ1n) is 7.17. The van der Waals surface area contributed by atoms with E-state index in [-0.39, 0.29) is 0 Å². The molecule has 1 aromatic heterocycles. The summed E-state index contributed by atoms with van der Waals surface area (Å²) in [5.41, 5.74) is 17.7. The van der Waals surface area contributed by atoms with Crippen molar-refractivity contribution >= 4 is 11.5 Å². The molecule has 1 aliphatic heterocycles. The lowest BCUT2D eigenvalue weighted by atomic mass is 9.85. The molecule has 0 amide bonds. The largest absolute Gasteiger partial charge is 0.382 e. The summed E-state index contributed by atoms with van der Waals surface area (Å²) < 4.78 is 0. The predicted molar refractivity (Wildman–Crippen MR) is 88.2 cm³/mol. The van der Waals surface area contributed by atoms with Crippen LogP contribution in [0.2, 0.25) is 0 Å². The fourth-order valence-electron chi connectivity index (χ4n) is 3.07. The number of benzene rings is 2. The zero-order chi connectivity index (χ0) is 15.3. The number of aryl methyl sites for hydroxylation is 1. The van der Waals surface area contributed by atoms with Crippen LogP contribution in [0, 0.1) is 6.92 Å². The van der Waals surface area contributed by atoms with Crippen molar-refractivity contribution in [3.63, 3.8) is 0 Å². The third kappa shape index (κ3) is 1.66. The van der Waals surface area contributed by atoms with Gasteiger partial charge in [0.05, 0.1) is 11.3 Å². The molecule has 3 aromatic rings. The van der Waals surface area contributed by atoms with Gasteiger partial charge in [-0.05, 0) is 18.6 Å². The van der Waals surface area contributed by atoms with Crippen LogP contribution in [0.15, 0.2) is 48.5 Å². The van der Waals surface area contributed by atoms with E-state index in [4.69, 9.17) is 11.5 Å². The third-order valence-corrected chi connectivity index (χ3v) is 4.22. The zero-order valence-corrected chi connectivity index (χ0v) is 12.2. The van der Waals surface area contributed by atoms with Crippen molar-refractivity contribution in [3.05, 3.63) is 65.2 Å². The SMILES string of the molecule is Cc1ccc(C2(N)Nc3ccccc3-c3[nH]nc(N)c32)cc1. The lowest BCUT2D eigenvalue weighted by Crippen LogP contribution is -2.48. The van der Waals surface area contributed by atoms with Crippen molar-refractivity contribution in [3.8, 4) is 11.3 Å². The Morgan fingerprint density at radius 1 is 1.05 bits per heavy atom. The molecule has 2 aromatic carbocycles. The first-order valence-corrected chi connectivity index (χ1v) is 7.17. The zero-order valence-electron chi connectivity index (χ0n) is 12.2. The highest BCUT2D eigenvalue weighted by atomic mass is 15.2. The third-order valence-electron chi connectivity index (χ3n) is 4.22. The molecule has 1 unspecified atom stereocenters. The first-order chi connectivity index (χ1) is 10.6. The van der Waals surface area contributed by atoms with Crippen LogP contribution in [-0.4, -0.2) is 10.2 Å². The Bertz CT molecular complexity index is 850. The summed E-state index contributed by atoms with van der Waals surface area (Å²) in [6.07, 6.45) is 0. The molecule has 0 bridgehead atoms. The molecule has 4 rings (SSSR count). The minimum atomic E-state index is -0.908. The molecular formula is C17H17N5. The number of nitrogens with one attached hydrogen (secondary N) is 2. The van der Waals surface area contributed by atoms with Gasteiger partial charge >= 0.3 is 0 Å². The number of nitrogen functional groups attached to an aromatic ring is 1. The van der Waals surface area contributed by atoms with Gasteiger partial charge < -0.3 is 16.8 Å². The van der Waals surface area contributed by atoms with Crippen molar-refractivity contribution in [2.24, 2.45) is 5.73 Å². The summed E-state index contributed by atoms with van der Waals surface area (Å²) in [6.45, 7) is 2.05. The number of rotatable bonds is 1. The summed E-state index contributed by atoms with van der Waals surface area (Å²) in [5, 5.41) is 10.6. The smallest absolute Gasteiger partial charge is 0.153 e. The minimum Gasteiger partial charge on any atom is -0.382 e. The molecule has 0 saturated carbocycles. The summed E-state index contributed by atoms with van der Waals surface area (Å²) in [4.78, 5) is 0. The van der Waals surface area contributed by atoms with Gasteiger partial charge in [-0.15, -0.1) is 0 Å². The van der Waals surface area contributed by atoms with E-state index in [1.54, 1.807) is 0 Å². The molecule has 0 saturated heterocycles. The maximum Gasteiger partial charge on any atom is 0.153 e.